The highest BCUT2D eigenvalue weighted by Gasteiger charge is 2.36. The number of quaternary nitrogens is 1. The van der Waals surface area contributed by atoms with Gasteiger partial charge in [0.05, 0.1) is 53.5 Å². The molecule has 0 aliphatic carbocycles. The lowest BCUT2D eigenvalue weighted by Crippen LogP contribution is -2.45. The van der Waals surface area contributed by atoms with Gasteiger partial charge in [0, 0.05) is 69.6 Å². The Labute approximate surface area is 277 Å². The number of ether oxygens (including phenoxy) is 1. The zero-order valence-corrected chi connectivity index (χ0v) is 30.3. The summed E-state index contributed by atoms with van der Waals surface area (Å²) in [4.78, 5) is 10.7. The van der Waals surface area contributed by atoms with Crippen molar-refractivity contribution in [2.45, 2.75) is 38.3 Å². The van der Waals surface area contributed by atoms with Crippen molar-refractivity contribution in [1.82, 2.24) is 0 Å². The molecule has 1 heterocycles. The minimum Gasteiger partial charge on any atom is -0.748 e. The van der Waals surface area contributed by atoms with Gasteiger partial charge in [-0.3, -0.25) is 0 Å². The highest BCUT2D eigenvalue weighted by Crippen LogP contribution is 2.14. The number of rotatable bonds is 22. The van der Waals surface area contributed by atoms with Crippen molar-refractivity contribution in [3.63, 3.8) is 0 Å². The molecule has 0 aromatic carbocycles. The van der Waals surface area contributed by atoms with Crippen LogP contribution in [0.15, 0.2) is 68.9 Å². The van der Waals surface area contributed by atoms with Crippen LogP contribution in [0.3, 0.4) is 0 Å². The summed E-state index contributed by atoms with van der Waals surface area (Å²) in [5.41, 5.74) is 0.904. The molecule has 264 valence electrons. The normalized spacial score (nSPS) is 11.6. The number of aromatic nitrogens is 1. The van der Waals surface area contributed by atoms with Crippen LogP contribution in [0.5, 0.6) is 0 Å². The van der Waals surface area contributed by atoms with Crippen LogP contribution < -0.4 is 4.57 Å². The zero-order chi connectivity index (χ0) is 35.7. The van der Waals surface area contributed by atoms with Crippen LogP contribution in [0, 0.1) is 0 Å². The molecule has 13 nitrogen and oxygen atoms in total. The number of nitrogens with zero attached hydrogens (tertiary/aromatic N) is 2. The first-order valence-electron chi connectivity index (χ1n) is 14.5. The van der Waals surface area contributed by atoms with Gasteiger partial charge >= 0.3 is 14.8 Å². The number of hydrogen-bond acceptors (Lipinski definition) is 11. The van der Waals surface area contributed by atoms with E-state index < -0.39 is 35.0 Å². The molecule has 1 aromatic heterocycles. The van der Waals surface area contributed by atoms with Crippen LogP contribution in [0.25, 0.3) is 6.08 Å². The third kappa shape index (κ3) is 23.7. The number of aryl methyl sites for hydroxylation is 1. The van der Waals surface area contributed by atoms with Crippen molar-refractivity contribution >= 4 is 41.1 Å². The maximum absolute atomic E-state index is 10.7. The first kappa shape index (κ1) is 45.6. The van der Waals surface area contributed by atoms with Gasteiger partial charge in [0.1, 0.15) is 6.54 Å². The van der Waals surface area contributed by atoms with E-state index in [1.807, 2.05) is 41.1 Å². The lowest BCUT2D eigenvalue weighted by molar-refractivity contribution is -0.898. The minimum atomic E-state index is -4.10. The van der Waals surface area contributed by atoms with Crippen molar-refractivity contribution in [3.8, 4) is 0 Å². The Morgan fingerprint density at radius 2 is 1.43 bits per heavy atom. The van der Waals surface area contributed by atoms with E-state index in [4.69, 9.17) is 18.0 Å². The van der Waals surface area contributed by atoms with E-state index in [0.717, 1.165) is 42.3 Å². The van der Waals surface area contributed by atoms with Crippen LogP contribution in [0.1, 0.15) is 31.4 Å². The number of hydrogen-bond donors (Lipinski definition) is 0. The smallest absolute Gasteiger partial charge is 0.500 e. The van der Waals surface area contributed by atoms with Crippen LogP contribution >= 0.6 is 0 Å². The molecule has 16 heteroatoms. The predicted molar refractivity (Wildman–Crippen MR) is 178 cm³/mol. The number of carbonyl (C=O) groups is 1. The molecule has 0 aliphatic rings. The largest absolute Gasteiger partial charge is 0.748 e. The van der Waals surface area contributed by atoms with E-state index in [1.165, 1.54) is 0 Å². The summed E-state index contributed by atoms with van der Waals surface area (Å²) >= 11 is 0. The Kier molecular flexibility index (Phi) is 24.4. The second kappa shape index (κ2) is 24.6. The first-order valence-corrected chi connectivity index (χ1v) is 19.6. The molecule has 0 unspecified atom stereocenters. The van der Waals surface area contributed by atoms with E-state index in [0.29, 0.717) is 38.5 Å². The average Bonchev–Trinajstić information content (AvgIpc) is 3.00. The Bertz CT molecular complexity index is 1250. The molecular formula is C30H52N2O11S2Si. The maximum atomic E-state index is 10.7. The molecular weight excluding hydrogens is 657 g/mol. The van der Waals surface area contributed by atoms with Gasteiger partial charge in [-0.25, -0.2) is 21.6 Å². The topological polar surface area (TPSA) is 172 Å². The lowest BCUT2D eigenvalue weighted by Gasteiger charge is -2.32. The summed E-state index contributed by atoms with van der Waals surface area (Å²) in [6.07, 6.45) is 10.4. The molecule has 1 rings (SSSR count). The van der Waals surface area contributed by atoms with Crippen molar-refractivity contribution < 1.29 is 57.8 Å². The number of carbonyl (C=O) groups excluding carboxylic acids is 1. The Hall–Kier alpha value is -2.54. The van der Waals surface area contributed by atoms with Gasteiger partial charge in [0.15, 0.2) is 6.20 Å². The molecule has 0 amide bonds. The zero-order valence-electron chi connectivity index (χ0n) is 27.6. The van der Waals surface area contributed by atoms with Gasteiger partial charge in [0.25, 0.3) is 0 Å². The molecule has 0 fully saturated rings. The van der Waals surface area contributed by atoms with Crippen LogP contribution in [-0.2, 0) is 49.6 Å². The van der Waals surface area contributed by atoms with Crippen molar-refractivity contribution in [2.75, 3.05) is 66.1 Å². The van der Waals surface area contributed by atoms with Crippen LogP contribution in [0.2, 0.25) is 6.04 Å². The molecule has 46 heavy (non-hydrogen) atoms. The molecule has 0 saturated heterocycles. The number of unbranched alkanes of at least 4 members (excludes halogenated alkanes) is 1. The molecule has 0 saturated carbocycles. The summed E-state index contributed by atoms with van der Waals surface area (Å²) in [5, 5.41) is 0. The highest BCUT2D eigenvalue weighted by molar-refractivity contribution is 7.85. The summed E-state index contributed by atoms with van der Waals surface area (Å²) in [5.74, 6) is -1.02. The number of pyridine rings is 1. The molecule has 0 N–H and O–H groups in total. The Balaban J connectivity index is 0. The fourth-order valence-corrected chi connectivity index (χ4v) is 6.75. The SMILES string of the molecule is C=CC(=O)OCCC[Si](OC)(OC)OC.C=CC[N+](C)(CC=C)CCCCS(=O)(=O)[O-].C=Cc1cccc[n+]1CCCS(=O)(=O)[O-]. The monoisotopic (exact) mass is 708 g/mol. The molecule has 0 bridgehead atoms. The summed E-state index contributed by atoms with van der Waals surface area (Å²) < 4.78 is 85.5. The second-order valence-electron chi connectivity index (χ2n) is 10.2. The highest BCUT2D eigenvalue weighted by atomic mass is 32.2. The minimum absolute atomic E-state index is 0.269. The maximum Gasteiger partial charge on any atom is 0.500 e. The Morgan fingerprint density at radius 3 is 1.89 bits per heavy atom. The fraction of sp³-hybridized carbons (Fsp3) is 0.533. The third-order valence-electron chi connectivity index (χ3n) is 6.43. The lowest BCUT2D eigenvalue weighted by atomic mass is 10.2. The second-order valence-corrected chi connectivity index (χ2v) is 16.3. The molecule has 0 aliphatic heterocycles. The fourth-order valence-electron chi connectivity index (χ4n) is 4.02. The van der Waals surface area contributed by atoms with Gasteiger partial charge in [-0.05, 0) is 37.5 Å². The number of likely N-dealkylation sites (N-methyl/N-ethyl adjacent to an activating group) is 1. The summed E-state index contributed by atoms with van der Waals surface area (Å²) in [6.45, 7) is 17.6. The third-order valence-corrected chi connectivity index (χ3v) is 10.8. The van der Waals surface area contributed by atoms with Crippen LogP contribution in [-0.4, -0.2) is 111 Å². The molecule has 0 radical (unpaired) electrons. The van der Waals surface area contributed by atoms with Gasteiger partial charge in [0.2, 0.25) is 5.69 Å². The summed E-state index contributed by atoms with van der Waals surface area (Å²) in [7, 11) is -3.97. The van der Waals surface area contributed by atoms with Gasteiger partial charge in [-0.1, -0.05) is 26.3 Å². The Morgan fingerprint density at radius 1 is 0.891 bits per heavy atom. The van der Waals surface area contributed by atoms with E-state index >= 15 is 0 Å². The van der Waals surface area contributed by atoms with Gasteiger partial charge in [-0.15, -0.1) is 0 Å². The van der Waals surface area contributed by atoms with Crippen molar-refractivity contribution in [2.24, 2.45) is 0 Å². The standard InChI is InChI=1S/C11H21NO3S.C10H13NO3S.C9H18O5Si/c1-4-8-12(3,9-5-2)10-6-7-11-16(13,14)15;1-2-10-6-3-4-7-11(10)8-5-9-15(12,13)14;1-5-9(10)14-7-6-8-15(11-2,12-3)13-4/h4-5H,1-2,6-11H2,3H3;2-4,6-7H,1,5,8-9H2;5H,1,6-8H2,2-4H3. The van der Waals surface area contributed by atoms with Gasteiger partial charge < -0.3 is 31.6 Å². The first-order chi connectivity index (χ1) is 21.5. The molecule has 0 atom stereocenters. The van der Waals surface area contributed by atoms with Crippen molar-refractivity contribution in [3.05, 3.63) is 74.6 Å². The van der Waals surface area contributed by atoms with Crippen LogP contribution in [0.4, 0.5) is 0 Å². The van der Waals surface area contributed by atoms with Crippen molar-refractivity contribution in [1.29, 1.82) is 0 Å². The molecule has 0 spiro atoms. The van der Waals surface area contributed by atoms with E-state index in [1.54, 1.807) is 27.4 Å². The average molecular weight is 709 g/mol. The predicted octanol–water partition coefficient (Wildman–Crippen LogP) is 2.67. The molecule has 1 aromatic rings. The quantitative estimate of drug-likeness (QED) is 0.0253. The van der Waals surface area contributed by atoms with E-state index in [-0.39, 0.29) is 11.5 Å². The summed E-state index contributed by atoms with van der Waals surface area (Å²) in [6, 6.07) is 6.20. The number of esters is 1. The van der Waals surface area contributed by atoms with E-state index in [9.17, 15) is 30.7 Å². The van der Waals surface area contributed by atoms with E-state index in [2.05, 4.69) is 33.4 Å². The van der Waals surface area contributed by atoms with Gasteiger partial charge in [-0.2, -0.15) is 4.57 Å².